The lowest BCUT2D eigenvalue weighted by molar-refractivity contribution is 0.417. The lowest BCUT2D eigenvalue weighted by Crippen LogP contribution is -2.36. The summed E-state index contributed by atoms with van der Waals surface area (Å²) >= 11 is 1.62. The highest BCUT2D eigenvalue weighted by Gasteiger charge is 2.26. The van der Waals surface area contributed by atoms with E-state index in [9.17, 15) is 8.42 Å². The predicted octanol–water partition coefficient (Wildman–Crippen LogP) is 3.10. The first-order valence-corrected chi connectivity index (χ1v) is 8.93. The van der Waals surface area contributed by atoms with Crippen LogP contribution in [0.5, 0.6) is 0 Å². The van der Waals surface area contributed by atoms with Gasteiger partial charge in [0.05, 0.1) is 4.90 Å². The average Bonchev–Trinajstić information content (AvgIpc) is 2.94. The van der Waals surface area contributed by atoms with E-state index < -0.39 is 10.0 Å². The van der Waals surface area contributed by atoms with Gasteiger partial charge in [-0.05, 0) is 47.9 Å². The molecule has 0 saturated carbocycles. The molecule has 0 atom stereocenters. The van der Waals surface area contributed by atoms with Crippen LogP contribution >= 0.6 is 11.3 Å². The van der Waals surface area contributed by atoms with E-state index in [0.717, 1.165) is 28.6 Å². The highest BCUT2D eigenvalue weighted by Crippen LogP contribution is 2.26. The Kier molecular flexibility index (Phi) is 3.62. The third-order valence-electron chi connectivity index (χ3n) is 3.57. The van der Waals surface area contributed by atoms with Crippen LogP contribution in [-0.2, 0) is 10.0 Å². The predicted molar refractivity (Wildman–Crippen MR) is 82.9 cm³/mol. The normalized spacial score (nSPS) is 17.4. The molecule has 0 N–H and O–H groups in total. The molecule has 0 amide bonds. The first-order chi connectivity index (χ1) is 9.61. The van der Waals surface area contributed by atoms with Gasteiger partial charge in [0, 0.05) is 17.0 Å². The Morgan fingerprint density at radius 2 is 2.20 bits per heavy atom. The SMILES string of the molecule is CCC1=NCN(S(=O)(=O)c2ccc3sccc3c2)CC1. The molecular weight excluding hydrogens is 292 g/mol. The van der Waals surface area contributed by atoms with Crippen molar-refractivity contribution in [3.63, 3.8) is 0 Å². The van der Waals surface area contributed by atoms with Crippen LogP contribution < -0.4 is 0 Å². The summed E-state index contributed by atoms with van der Waals surface area (Å²) in [5.41, 5.74) is 1.10. The van der Waals surface area contributed by atoms with Crippen molar-refractivity contribution in [1.82, 2.24) is 4.31 Å². The number of rotatable bonds is 3. The molecule has 2 heterocycles. The van der Waals surface area contributed by atoms with Gasteiger partial charge in [-0.2, -0.15) is 4.31 Å². The summed E-state index contributed by atoms with van der Waals surface area (Å²) in [7, 11) is -3.43. The van der Waals surface area contributed by atoms with Crippen LogP contribution in [0, 0.1) is 0 Å². The molecule has 1 aliphatic heterocycles. The molecular formula is C14H16N2O2S2. The minimum Gasteiger partial charge on any atom is -0.277 e. The van der Waals surface area contributed by atoms with E-state index in [1.165, 1.54) is 4.31 Å². The number of aliphatic imine (C=N–C) groups is 1. The molecule has 1 aliphatic rings. The molecule has 0 unspecified atom stereocenters. The zero-order valence-electron chi connectivity index (χ0n) is 11.2. The number of nitrogens with zero attached hydrogens (tertiary/aromatic N) is 2. The van der Waals surface area contributed by atoms with E-state index in [1.54, 1.807) is 23.5 Å². The topological polar surface area (TPSA) is 49.7 Å². The fourth-order valence-electron chi connectivity index (χ4n) is 2.32. The van der Waals surface area contributed by atoms with E-state index in [2.05, 4.69) is 4.99 Å². The second-order valence-electron chi connectivity index (χ2n) is 4.77. The van der Waals surface area contributed by atoms with Gasteiger partial charge in [0.15, 0.2) is 0 Å². The van der Waals surface area contributed by atoms with Gasteiger partial charge >= 0.3 is 0 Å². The maximum absolute atomic E-state index is 12.6. The van der Waals surface area contributed by atoms with Gasteiger partial charge in [0.1, 0.15) is 6.67 Å². The highest BCUT2D eigenvalue weighted by molar-refractivity contribution is 7.89. The van der Waals surface area contributed by atoms with Gasteiger partial charge in [-0.1, -0.05) is 6.92 Å². The Morgan fingerprint density at radius 1 is 1.35 bits per heavy atom. The van der Waals surface area contributed by atoms with Crippen molar-refractivity contribution in [2.24, 2.45) is 4.99 Å². The zero-order chi connectivity index (χ0) is 14.2. The molecule has 4 nitrogen and oxygen atoms in total. The van der Waals surface area contributed by atoms with Crippen LogP contribution in [0.15, 0.2) is 39.5 Å². The lowest BCUT2D eigenvalue weighted by atomic mass is 10.2. The molecule has 0 fully saturated rings. The van der Waals surface area contributed by atoms with Gasteiger partial charge in [-0.15, -0.1) is 11.3 Å². The van der Waals surface area contributed by atoms with Gasteiger partial charge in [0.25, 0.3) is 0 Å². The Morgan fingerprint density at radius 3 is 2.90 bits per heavy atom. The van der Waals surface area contributed by atoms with Crippen LogP contribution in [-0.4, -0.2) is 31.6 Å². The molecule has 0 aliphatic carbocycles. The van der Waals surface area contributed by atoms with E-state index in [0.29, 0.717) is 11.4 Å². The Hall–Kier alpha value is -1.24. The van der Waals surface area contributed by atoms with Crippen LogP contribution in [0.4, 0.5) is 0 Å². The number of hydrogen-bond donors (Lipinski definition) is 0. The summed E-state index contributed by atoms with van der Waals surface area (Å²) in [4.78, 5) is 4.70. The van der Waals surface area contributed by atoms with Crippen molar-refractivity contribution in [1.29, 1.82) is 0 Å². The van der Waals surface area contributed by atoms with Crippen molar-refractivity contribution in [3.8, 4) is 0 Å². The van der Waals surface area contributed by atoms with E-state index in [1.807, 2.05) is 24.4 Å². The number of thiophene rings is 1. The van der Waals surface area contributed by atoms with E-state index >= 15 is 0 Å². The Balaban J connectivity index is 1.93. The van der Waals surface area contributed by atoms with E-state index in [4.69, 9.17) is 0 Å². The molecule has 0 spiro atoms. The standard InChI is InChI=1S/C14H16N2O2S2/c1-2-12-5-7-16(10-15-12)20(17,18)13-3-4-14-11(9-13)6-8-19-14/h3-4,6,8-9H,2,5,7,10H2,1H3. The molecule has 0 radical (unpaired) electrons. The molecule has 2 aromatic rings. The van der Waals surface area contributed by atoms with Crippen molar-refractivity contribution in [3.05, 3.63) is 29.6 Å². The van der Waals surface area contributed by atoms with Gasteiger partial charge in [-0.25, -0.2) is 8.42 Å². The number of sulfonamides is 1. The number of hydrogen-bond acceptors (Lipinski definition) is 4. The number of fused-ring (bicyclic) bond motifs is 1. The summed E-state index contributed by atoms with van der Waals surface area (Å²) in [6.45, 7) is 2.82. The first-order valence-electron chi connectivity index (χ1n) is 6.61. The number of benzene rings is 1. The second-order valence-corrected chi connectivity index (χ2v) is 7.66. The minimum atomic E-state index is -3.43. The van der Waals surface area contributed by atoms with E-state index in [-0.39, 0.29) is 6.67 Å². The molecule has 1 aromatic heterocycles. The van der Waals surface area contributed by atoms with Crippen LogP contribution in [0.1, 0.15) is 19.8 Å². The molecule has 6 heteroatoms. The fourth-order valence-corrected chi connectivity index (χ4v) is 4.45. The van der Waals surface area contributed by atoms with Crippen molar-refractivity contribution in [2.45, 2.75) is 24.7 Å². The Labute approximate surface area is 122 Å². The van der Waals surface area contributed by atoms with Crippen LogP contribution in [0.3, 0.4) is 0 Å². The quantitative estimate of drug-likeness (QED) is 0.875. The van der Waals surface area contributed by atoms with Gasteiger partial charge in [-0.3, -0.25) is 4.99 Å². The lowest BCUT2D eigenvalue weighted by Gasteiger charge is -2.24. The third-order valence-corrected chi connectivity index (χ3v) is 6.30. The van der Waals surface area contributed by atoms with Crippen molar-refractivity contribution in [2.75, 3.05) is 13.2 Å². The van der Waals surface area contributed by atoms with Gasteiger partial charge in [0.2, 0.25) is 10.0 Å². The summed E-state index contributed by atoms with van der Waals surface area (Å²) < 4.78 is 27.8. The van der Waals surface area contributed by atoms with Crippen LogP contribution in [0.2, 0.25) is 0 Å². The van der Waals surface area contributed by atoms with Gasteiger partial charge < -0.3 is 0 Å². The molecule has 0 saturated heterocycles. The third kappa shape index (κ3) is 2.39. The summed E-state index contributed by atoms with van der Waals surface area (Å²) in [5.74, 6) is 0. The zero-order valence-corrected chi connectivity index (χ0v) is 12.9. The highest BCUT2D eigenvalue weighted by atomic mass is 32.2. The maximum Gasteiger partial charge on any atom is 0.244 e. The van der Waals surface area contributed by atoms with Crippen LogP contribution in [0.25, 0.3) is 10.1 Å². The molecule has 0 bridgehead atoms. The monoisotopic (exact) mass is 308 g/mol. The second kappa shape index (κ2) is 5.27. The fraction of sp³-hybridized carbons (Fsp3) is 0.357. The first kappa shape index (κ1) is 13.7. The van der Waals surface area contributed by atoms with Crippen molar-refractivity contribution >= 4 is 37.2 Å². The average molecular weight is 308 g/mol. The summed E-state index contributed by atoms with van der Waals surface area (Å²) in [6.07, 6.45) is 1.63. The smallest absolute Gasteiger partial charge is 0.244 e. The minimum absolute atomic E-state index is 0.243. The van der Waals surface area contributed by atoms with Crippen molar-refractivity contribution < 1.29 is 8.42 Å². The maximum atomic E-state index is 12.6. The summed E-state index contributed by atoms with van der Waals surface area (Å²) in [6, 6.07) is 7.26. The molecule has 20 heavy (non-hydrogen) atoms. The Bertz CT molecular complexity index is 762. The molecule has 3 rings (SSSR count). The largest absolute Gasteiger partial charge is 0.277 e. The molecule has 106 valence electrons. The molecule has 1 aromatic carbocycles. The summed E-state index contributed by atoms with van der Waals surface area (Å²) in [5, 5.41) is 2.95.